The number of sulfonamides is 1. The number of piperazine rings is 1. The molecule has 2 fully saturated rings. The van der Waals surface area contributed by atoms with Crippen LogP contribution in [0.4, 0.5) is 10.1 Å². The van der Waals surface area contributed by atoms with E-state index in [2.05, 4.69) is 0 Å². The summed E-state index contributed by atoms with van der Waals surface area (Å²) in [5.41, 5.74) is 0.456. The number of halogens is 2. The fourth-order valence-corrected chi connectivity index (χ4v) is 5.42. The van der Waals surface area contributed by atoms with Crippen molar-refractivity contribution in [2.24, 2.45) is 0 Å². The van der Waals surface area contributed by atoms with Gasteiger partial charge in [0.15, 0.2) is 0 Å². The van der Waals surface area contributed by atoms with Gasteiger partial charge in [-0.25, -0.2) is 17.7 Å². The van der Waals surface area contributed by atoms with Gasteiger partial charge in [0.05, 0.1) is 18.2 Å². The van der Waals surface area contributed by atoms with E-state index in [-0.39, 0.29) is 49.3 Å². The monoisotopic (exact) mass is 451 g/mol. The van der Waals surface area contributed by atoms with E-state index in [1.165, 1.54) is 22.5 Å². The molecule has 0 aromatic heterocycles. The lowest BCUT2D eigenvalue weighted by molar-refractivity contribution is -0.123. The summed E-state index contributed by atoms with van der Waals surface area (Å²) in [6.07, 6.45) is 0.0293. The Hall–Kier alpha value is -2.33. The van der Waals surface area contributed by atoms with Gasteiger partial charge in [0.2, 0.25) is 15.9 Å². The molecule has 0 unspecified atom stereocenters. The number of hydrogen-bond acceptors (Lipinski definition) is 5. The number of nitrogens with zero attached hydrogens (tertiary/aromatic N) is 3. The van der Waals surface area contributed by atoms with Crippen molar-refractivity contribution in [3.63, 3.8) is 0 Å². The molecule has 2 heterocycles. The van der Waals surface area contributed by atoms with Crippen LogP contribution in [0.15, 0.2) is 53.4 Å². The summed E-state index contributed by atoms with van der Waals surface area (Å²) in [5, 5.41) is 0.501. The van der Waals surface area contributed by atoms with Gasteiger partial charge in [0, 0.05) is 31.2 Å². The van der Waals surface area contributed by atoms with Crippen LogP contribution in [0.2, 0.25) is 5.02 Å². The van der Waals surface area contributed by atoms with Gasteiger partial charge in [-0.15, -0.1) is 0 Å². The number of anilines is 1. The molecular weight excluding hydrogens is 433 g/mol. The summed E-state index contributed by atoms with van der Waals surface area (Å²) in [5.74, 6) is -1.45. The zero-order valence-corrected chi connectivity index (χ0v) is 17.4. The third kappa shape index (κ3) is 3.74. The molecule has 30 heavy (non-hydrogen) atoms. The Morgan fingerprint density at radius 2 is 1.57 bits per heavy atom. The van der Waals surface area contributed by atoms with Gasteiger partial charge < -0.3 is 0 Å². The molecule has 0 bridgehead atoms. The average Bonchev–Trinajstić information content (AvgIpc) is 3.03. The molecule has 0 radical (unpaired) electrons. The van der Waals surface area contributed by atoms with Crippen molar-refractivity contribution in [2.75, 3.05) is 31.1 Å². The Kier molecular flexibility index (Phi) is 5.63. The lowest BCUT2D eigenvalue weighted by atomic mass is 10.2. The molecule has 2 saturated heterocycles. The van der Waals surface area contributed by atoms with Crippen molar-refractivity contribution >= 4 is 39.1 Å². The van der Waals surface area contributed by atoms with Crippen LogP contribution in [0.25, 0.3) is 0 Å². The first-order valence-corrected chi connectivity index (χ1v) is 11.2. The smallest absolute Gasteiger partial charge is 0.251 e. The highest BCUT2D eigenvalue weighted by molar-refractivity contribution is 7.89. The molecule has 2 aromatic rings. The summed E-state index contributed by atoms with van der Waals surface area (Å²) in [6.45, 7) is 0.753. The zero-order valence-electron chi connectivity index (χ0n) is 15.9. The molecule has 4 rings (SSSR count). The highest BCUT2D eigenvalue weighted by Gasteiger charge is 2.44. The van der Waals surface area contributed by atoms with Crippen LogP contribution in [-0.4, -0.2) is 61.7 Å². The summed E-state index contributed by atoms with van der Waals surface area (Å²) in [4.78, 5) is 28.0. The van der Waals surface area contributed by atoms with E-state index in [0.29, 0.717) is 10.7 Å². The minimum absolute atomic E-state index is 0.0293. The Bertz CT molecular complexity index is 1090. The molecule has 2 aliphatic rings. The third-order valence-electron chi connectivity index (χ3n) is 5.38. The molecular formula is C20H19ClFN3O4S. The predicted octanol–water partition coefficient (Wildman–Crippen LogP) is 2.12. The first kappa shape index (κ1) is 20.9. The number of hydrogen-bond donors (Lipinski definition) is 0. The van der Waals surface area contributed by atoms with E-state index in [1.807, 2.05) is 4.90 Å². The van der Waals surface area contributed by atoms with Crippen LogP contribution in [0, 0.1) is 5.82 Å². The first-order valence-electron chi connectivity index (χ1n) is 9.40. The molecule has 7 nitrogen and oxygen atoms in total. The van der Waals surface area contributed by atoms with Crippen LogP contribution < -0.4 is 4.90 Å². The lowest BCUT2D eigenvalue weighted by Crippen LogP contribution is -2.53. The van der Waals surface area contributed by atoms with Gasteiger partial charge in [-0.3, -0.25) is 14.5 Å². The van der Waals surface area contributed by atoms with Gasteiger partial charge in [-0.05, 0) is 36.4 Å². The number of rotatable bonds is 4. The fourth-order valence-electron chi connectivity index (χ4n) is 3.81. The first-order chi connectivity index (χ1) is 14.3. The minimum Gasteiger partial charge on any atom is -0.289 e. The Morgan fingerprint density at radius 1 is 0.933 bits per heavy atom. The topological polar surface area (TPSA) is 78.0 Å². The van der Waals surface area contributed by atoms with Gasteiger partial charge in [-0.2, -0.15) is 4.31 Å². The maximum absolute atomic E-state index is 14.0. The second kappa shape index (κ2) is 8.07. The zero-order chi connectivity index (χ0) is 21.5. The number of amides is 2. The maximum Gasteiger partial charge on any atom is 0.251 e. The van der Waals surface area contributed by atoms with E-state index in [9.17, 15) is 22.4 Å². The van der Waals surface area contributed by atoms with Crippen molar-refractivity contribution in [1.29, 1.82) is 0 Å². The standard InChI is InChI=1S/C20H19ClFN3O4S/c21-14-5-7-15(8-6-14)25-19(26)13-17(20(25)27)23-9-11-24(12-10-23)30(28,29)18-4-2-1-3-16(18)22/h1-8,17H,9-13H2/t17-/m0/s1. The van der Waals surface area contributed by atoms with Gasteiger partial charge >= 0.3 is 0 Å². The number of carbonyl (C=O) groups is 2. The average molecular weight is 452 g/mol. The van der Waals surface area contributed by atoms with Crippen LogP contribution >= 0.6 is 11.6 Å². The highest BCUT2D eigenvalue weighted by atomic mass is 35.5. The Morgan fingerprint density at radius 3 is 2.20 bits per heavy atom. The number of carbonyl (C=O) groups excluding carboxylic acids is 2. The second-order valence-electron chi connectivity index (χ2n) is 7.13. The molecule has 2 aromatic carbocycles. The molecule has 2 amide bonds. The van der Waals surface area contributed by atoms with Gasteiger partial charge in [-0.1, -0.05) is 23.7 Å². The number of benzene rings is 2. The molecule has 1 atom stereocenters. The quantitative estimate of drug-likeness (QED) is 0.665. The van der Waals surface area contributed by atoms with Crippen molar-refractivity contribution in [1.82, 2.24) is 9.21 Å². The predicted molar refractivity (Wildman–Crippen MR) is 109 cm³/mol. The molecule has 2 aliphatic heterocycles. The van der Waals surface area contributed by atoms with Crippen molar-refractivity contribution in [3.05, 3.63) is 59.4 Å². The normalized spacial score (nSPS) is 21.4. The van der Waals surface area contributed by atoms with E-state index in [1.54, 1.807) is 24.3 Å². The molecule has 0 N–H and O–H groups in total. The van der Waals surface area contributed by atoms with E-state index >= 15 is 0 Å². The molecule has 158 valence electrons. The summed E-state index contributed by atoms with van der Waals surface area (Å²) >= 11 is 5.87. The van der Waals surface area contributed by atoms with Crippen LogP contribution in [0.1, 0.15) is 6.42 Å². The van der Waals surface area contributed by atoms with Crippen LogP contribution in [-0.2, 0) is 19.6 Å². The van der Waals surface area contributed by atoms with Crippen LogP contribution in [0.3, 0.4) is 0 Å². The fraction of sp³-hybridized carbons (Fsp3) is 0.300. The van der Waals surface area contributed by atoms with Crippen molar-refractivity contribution in [3.8, 4) is 0 Å². The SMILES string of the molecule is O=C1C[C@H](N2CCN(S(=O)(=O)c3ccccc3F)CC2)C(=O)N1c1ccc(Cl)cc1. The number of imide groups is 1. The molecule has 10 heteroatoms. The summed E-state index contributed by atoms with van der Waals surface area (Å²) in [6, 6.07) is 11.0. The second-order valence-corrected chi connectivity index (χ2v) is 9.48. The molecule has 0 aliphatic carbocycles. The third-order valence-corrected chi connectivity index (χ3v) is 7.56. The summed E-state index contributed by atoms with van der Waals surface area (Å²) < 4.78 is 40.7. The van der Waals surface area contributed by atoms with Crippen molar-refractivity contribution < 1.29 is 22.4 Å². The summed E-state index contributed by atoms with van der Waals surface area (Å²) in [7, 11) is -3.96. The van der Waals surface area contributed by atoms with Gasteiger partial charge in [0.25, 0.3) is 5.91 Å². The molecule has 0 spiro atoms. The van der Waals surface area contributed by atoms with Crippen molar-refractivity contribution in [2.45, 2.75) is 17.4 Å². The minimum atomic E-state index is -3.96. The maximum atomic E-state index is 14.0. The Balaban J connectivity index is 1.46. The van der Waals surface area contributed by atoms with Gasteiger partial charge in [0.1, 0.15) is 10.7 Å². The molecule has 0 saturated carbocycles. The highest BCUT2D eigenvalue weighted by Crippen LogP contribution is 2.28. The van der Waals surface area contributed by atoms with E-state index in [4.69, 9.17) is 11.6 Å². The van der Waals surface area contributed by atoms with Crippen LogP contribution in [0.5, 0.6) is 0 Å². The largest absolute Gasteiger partial charge is 0.289 e. The lowest BCUT2D eigenvalue weighted by Gasteiger charge is -2.36. The van der Waals surface area contributed by atoms with E-state index < -0.39 is 21.9 Å². The van der Waals surface area contributed by atoms with E-state index in [0.717, 1.165) is 11.0 Å². The Labute approximate surface area is 178 Å².